The van der Waals surface area contributed by atoms with Gasteiger partial charge in [-0.25, -0.2) is 4.79 Å². The summed E-state index contributed by atoms with van der Waals surface area (Å²) in [6, 6.07) is 13.7. The maximum atomic E-state index is 13.2. The minimum Gasteiger partial charge on any atom is -0.324 e. The molecule has 1 aliphatic heterocycles. The van der Waals surface area contributed by atoms with Crippen LogP contribution in [0.2, 0.25) is 5.02 Å². The van der Waals surface area contributed by atoms with Crippen LogP contribution >= 0.6 is 11.6 Å². The maximum Gasteiger partial charge on any atom is 0.325 e. The molecule has 7 heteroatoms. The van der Waals surface area contributed by atoms with E-state index in [9.17, 15) is 14.4 Å². The molecule has 146 valence electrons. The lowest BCUT2D eigenvalue weighted by molar-refractivity contribution is -0.134. The molecular weight excluding hydrogens is 378 g/mol. The van der Waals surface area contributed by atoms with Gasteiger partial charge in [-0.3, -0.25) is 14.5 Å². The quantitative estimate of drug-likeness (QED) is 0.724. The van der Waals surface area contributed by atoms with Gasteiger partial charge in [0.2, 0.25) is 5.91 Å². The van der Waals surface area contributed by atoms with E-state index in [0.717, 1.165) is 10.5 Å². The van der Waals surface area contributed by atoms with E-state index in [1.807, 2.05) is 37.3 Å². The number of anilines is 1. The fraction of sp³-hybridized carbons (Fsp3) is 0.286. The fourth-order valence-corrected chi connectivity index (χ4v) is 3.63. The van der Waals surface area contributed by atoms with E-state index >= 15 is 0 Å². The van der Waals surface area contributed by atoms with Crippen LogP contribution in [0.3, 0.4) is 0 Å². The third kappa shape index (κ3) is 3.60. The van der Waals surface area contributed by atoms with E-state index in [-0.39, 0.29) is 6.54 Å². The number of urea groups is 1. The highest BCUT2D eigenvalue weighted by molar-refractivity contribution is 6.31. The van der Waals surface area contributed by atoms with Crippen LogP contribution in [-0.4, -0.2) is 29.3 Å². The predicted octanol–water partition coefficient (Wildman–Crippen LogP) is 3.83. The van der Waals surface area contributed by atoms with Crippen LogP contribution in [0.15, 0.2) is 48.5 Å². The zero-order valence-electron chi connectivity index (χ0n) is 15.8. The Morgan fingerprint density at radius 3 is 2.54 bits per heavy atom. The molecule has 4 amide bonds. The molecule has 28 heavy (non-hydrogen) atoms. The zero-order valence-corrected chi connectivity index (χ0v) is 16.5. The van der Waals surface area contributed by atoms with Crippen molar-refractivity contribution in [1.82, 2.24) is 10.2 Å². The van der Waals surface area contributed by atoms with E-state index in [0.29, 0.717) is 29.1 Å². The summed E-state index contributed by atoms with van der Waals surface area (Å²) in [5.41, 5.74) is 0.842. The molecule has 0 bridgehead atoms. The van der Waals surface area contributed by atoms with Gasteiger partial charge in [-0.05, 0) is 36.6 Å². The Kier molecular flexibility index (Phi) is 5.70. The van der Waals surface area contributed by atoms with Gasteiger partial charge >= 0.3 is 6.03 Å². The number of amides is 4. The van der Waals surface area contributed by atoms with Crippen molar-refractivity contribution < 1.29 is 14.4 Å². The molecule has 1 fully saturated rings. The summed E-state index contributed by atoms with van der Waals surface area (Å²) in [4.78, 5) is 39.2. The average Bonchev–Trinajstić information content (AvgIpc) is 2.91. The third-order valence-electron chi connectivity index (χ3n) is 4.91. The molecule has 0 unspecified atom stereocenters. The van der Waals surface area contributed by atoms with Gasteiger partial charge in [0, 0.05) is 10.7 Å². The minimum absolute atomic E-state index is 0.366. The van der Waals surface area contributed by atoms with Crippen molar-refractivity contribution in [3.05, 3.63) is 64.7 Å². The average molecular weight is 400 g/mol. The monoisotopic (exact) mass is 399 g/mol. The van der Waals surface area contributed by atoms with E-state index in [2.05, 4.69) is 10.6 Å². The Bertz CT molecular complexity index is 916. The highest BCUT2D eigenvalue weighted by Gasteiger charge is 2.52. The van der Waals surface area contributed by atoms with Crippen LogP contribution in [0.5, 0.6) is 0 Å². The first-order valence-corrected chi connectivity index (χ1v) is 9.51. The second kappa shape index (κ2) is 8.02. The highest BCUT2D eigenvalue weighted by Crippen LogP contribution is 2.33. The highest BCUT2D eigenvalue weighted by atomic mass is 35.5. The van der Waals surface area contributed by atoms with Crippen LogP contribution < -0.4 is 10.6 Å². The fourth-order valence-electron chi connectivity index (χ4n) is 3.45. The van der Waals surface area contributed by atoms with Crippen molar-refractivity contribution in [2.45, 2.75) is 32.2 Å². The zero-order chi connectivity index (χ0) is 20.3. The smallest absolute Gasteiger partial charge is 0.324 e. The Balaban J connectivity index is 1.81. The van der Waals surface area contributed by atoms with Gasteiger partial charge in [-0.15, -0.1) is 0 Å². The lowest BCUT2D eigenvalue weighted by Crippen LogP contribution is -2.44. The number of rotatable bonds is 6. The molecule has 0 aliphatic carbocycles. The summed E-state index contributed by atoms with van der Waals surface area (Å²) in [5, 5.41) is 6.06. The Labute approximate surface area is 168 Å². The minimum atomic E-state index is -1.14. The molecule has 0 radical (unpaired) electrons. The first-order chi connectivity index (χ1) is 13.4. The standard InChI is InChI=1S/C21H22ClN3O3/c1-3-12-21(15-8-5-4-6-9-15)19(27)25(20(28)24-21)13-18(26)23-17-11-7-10-16(22)14(17)2/h4-11H,3,12-13H2,1-2H3,(H,23,26)(H,24,28)/t21-/m1/s1. The molecule has 1 saturated heterocycles. The molecule has 2 N–H and O–H groups in total. The summed E-state index contributed by atoms with van der Waals surface area (Å²) >= 11 is 6.07. The van der Waals surface area contributed by atoms with E-state index < -0.39 is 23.4 Å². The summed E-state index contributed by atoms with van der Waals surface area (Å²) in [6.45, 7) is 3.36. The van der Waals surface area contributed by atoms with Crippen molar-refractivity contribution >= 4 is 35.1 Å². The lowest BCUT2D eigenvalue weighted by atomic mass is 9.85. The number of hydrogen-bond donors (Lipinski definition) is 2. The summed E-state index contributed by atoms with van der Waals surface area (Å²) in [5.74, 6) is -0.877. The van der Waals surface area contributed by atoms with E-state index in [4.69, 9.17) is 11.6 Å². The molecule has 1 atom stereocenters. The predicted molar refractivity (Wildman–Crippen MR) is 108 cm³/mol. The first-order valence-electron chi connectivity index (χ1n) is 9.13. The summed E-state index contributed by atoms with van der Waals surface area (Å²) in [6.07, 6.45) is 1.15. The number of nitrogens with one attached hydrogen (secondary N) is 2. The van der Waals surface area contributed by atoms with Crippen LogP contribution in [0.25, 0.3) is 0 Å². The van der Waals surface area contributed by atoms with Gasteiger partial charge in [0.25, 0.3) is 5.91 Å². The molecule has 2 aromatic carbocycles. The number of halogens is 1. The molecule has 1 aliphatic rings. The number of benzene rings is 2. The molecular formula is C21H22ClN3O3. The molecule has 6 nitrogen and oxygen atoms in total. The van der Waals surface area contributed by atoms with Gasteiger partial charge in [0.05, 0.1) is 0 Å². The molecule has 0 spiro atoms. The molecule has 3 rings (SSSR count). The Hall–Kier alpha value is -2.86. The number of nitrogens with zero attached hydrogens (tertiary/aromatic N) is 1. The van der Waals surface area contributed by atoms with Crippen molar-refractivity contribution in [1.29, 1.82) is 0 Å². The van der Waals surface area contributed by atoms with Gasteiger partial charge < -0.3 is 10.6 Å². The van der Waals surface area contributed by atoms with Crippen molar-refractivity contribution in [2.24, 2.45) is 0 Å². The van der Waals surface area contributed by atoms with Gasteiger partial charge in [-0.2, -0.15) is 0 Å². The number of carbonyl (C=O) groups excluding carboxylic acids is 3. The number of hydrogen-bond acceptors (Lipinski definition) is 3. The number of imide groups is 1. The van der Waals surface area contributed by atoms with Gasteiger partial charge in [0.1, 0.15) is 12.1 Å². The van der Waals surface area contributed by atoms with Crippen molar-refractivity contribution in [3.8, 4) is 0 Å². The van der Waals surface area contributed by atoms with E-state index in [1.165, 1.54) is 0 Å². The van der Waals surface area contributed by atoms with Gasteiger partial charge in [0.15, 0.2) is 0 Å². The molecule has 1 heterocycles. The number of carbonyl (C=O) groups is 3. The van der Waals surface area contributed by atoms with Crippen LogP contribution in [-0.2, 0) is 15.1 Å². The summed E-state index contributed by atoms with van der Waals surface area (Å²) < 4.78 is 0. The third-order valence-corrected chi connectivity index (χ3v) is 5.32. The van der Waals surface area contributed by atoms with Gasteiger partial charge in [-0.1, -0.05) is 61.3 Å². The molecule has 2 aromatic rings. The second-order valence-electron chi connectivity index (χ2n) is 6.80. The van der Waals surface area contributed by atoms with Crippen molar-refractivity contribution in [2.75, 3.05) is 11.9 Å². The first kappa shape index (κ1) is 19.9. The second-order valence-corrected chi connectivity index (χ2v) is 7.21. The van der Waals surface area contributed by atoms with Crippen LogP contribution in [0.4, 0.5) is 10.5 Å². The lowest BCUT2D eigenvalue weighted by Gasteiger charge is -2.26. The normalized spacial score (nSPS) is 18.9. The SMILES string of the molecule is CCC[C@]1(c2ccccc2)NC(=O)N(CC(=O)Nc2cccc(Cl)c2C)C1=O. The Morgan fingerprint density at radius 1 is 1.14 bits per heavy atom. The van der Waals surface area contributed by atoms with Crippen LogP contribution in [0.1, 0.15) is 30.9 Å². The molecule has 0 saturated carbocycles. The van der Waals surface area contributed by atoms with E-state index in [1.54, 1.807) is 25.1 Å². The molecule has 0 aromatic heterocycles. The summed E-state index contributed by atoms with van der Waals surface area (Å²) in [7, 11) is 0. The Morgan fingerprint density at radius 2 is 1.86 bits per heavy atom. The van der Waals surface area contributed by atoms with Crippen LogP contribution in [0, 0.1) is 6.92 Å². The maximum absolute atomic E-state index is 13.2. The topological polar surface area (TPSA) is 78.5 Å². The van der Waals surface area contributed by atoms with Crippen molar-refractivity contribution in [3.63, 3.8) is 0 Å². The largest absolute Gasteiger partial charge is 0.325 e.